The topological polar surface area (TPSA) is 35.5 Å². The van der Waals surface area contributed by atoms with Gasteiger partial charge in [-0.25, -0.2) is 0 Å². The molecule has 0 radical (unpaired) electrons. The van der Waals surface area contributed by atoms with E-state index >= 15 is 0 Å². The van der Waals surface area contributed by atoms with Crippen LogP contribution in [0.15, 0.2) is 0 Å². The van der Waals surface area contributed by atoms with Gasteiger partial charge < -0.3 is 9.47 Å². The van der Waals surface area contributed by atoms with E-state index in [0.29, 0.717) is 13.0 Å². The predicted molar refractivity (Wildman–Crippen MR) is 83.7 cm³/mol. The normalized spacial score (nSPS) is 14.3. The van der Waals surface area contributed by atoms with E-state index in [0.717, 1.165) is 0 Å². The van der Waals surface area contributed by atoms with Gasteiger partial charge in [0.1, 0.15) is 5.60 Å². The first-order valence-electron chi connectivity index (χ1n) is 7.46. The number of esters is 1. The van der Waals surface area contributed by atoms with Crippen LogP contribution in [-0.4, -0.2) is 23.8 Å². The van der Waals surface area contributed by atoms with E-state index in [1.165, 1.54) is 0 Å². The Labute approximate surface area is 125 Å². The zero-order chi connectivity index (χ0) is 16.4. The molecule has 0 aliphatic carbocycles. The maximum atomic E-state index is 12.4. The van der Waals surface area contributed by atoms with Gasteiger partial charge in [-0.3, -0.25) is 4.79 Å². The third-order valence-electron chi connectivity index (χ3n) is 3.99. The highest BCUT2D eigenvalue weighted by atomic mass is 16.6. The van der Waals surface area contributed by atoms with Crippen molar-refractivity contribution in [3.05, 3.63) is 0 Å². The van der Waals surface area contributed by atoms with E-state index < -0.39 is 11.0 Å². The minimum Gasteiger partial charge on any atom is -0.459 e. The van der Waals surface area contributed by atoms with E-state index in [2.05, 4.69) is 20.8 Å². The number of ether oxygens (including phenoxy) is 2. The minimum absolute atomic E-state index is 0.137. The van der Waals surface area contributed by atoms with E-state index in [1.807, 2.05) is 48.5 Å². The third-order valence-corrected chi connectivity index (χ3v) is 3.99. The van der Waals surface area contributed by atoms with Crippen LogP contribution in [0.3, 0.4) is 0 Å². The molecule has 120 valence electrons. The first-order valence-corrected chi connectivity index (χ1v) is 7.46. The lowest BCUT2D eigenvalue weighted by Gasteiger charge is -2.39. The second-order valence-corrected chi connectivity index (χ2v) is 8.74. The van der Waals surface area contributed by atoms with Crippen LogP contribution in [0.5, 0.6) is 0 Å². The van der Waals surface area contributed by atoms with Gasteiger partial charge in [0.05, 0.1) is 17.6 Å². The SMILES string of the molecule is CC(C)(C)OCCC(C)(C)OC(=O)C(C)(C)C(C)(C)C. The summed E-state index contributed by atoms with van der Waals surface area (Å²) in [5.41, 5.74) is -1.33. The molecule has 0 unspecified atom stereocenters. The summed E-state index contributed by atoms with van der Waals surface area (Å²) in [6.45, 7) is 20.6. The van der Waals surface area contributed by atoms with Crippen LogP contribution in [0.4, 0.5) is 0 Å². The van der Waals surface area contributed by atoms with Crippen molar-refractivity contribution in [2.75, 3.05) is 6.61 Å². The molecule has 3 nitrogen and oxygen atoms in total. The highest BCUT2D eigenvalue weighted by molar-refractivity contribution is 5.77. The van der Waals surface area contributed by atoms with Crippen LogP contribution >= 0.6 is 0 Å². The fraction of sp³-hybridized carbons (Fsp3) is 0.941. The summed E-state index contributed by atoms with van der Waals surface area (Å²) in [6, 6.07) is 0. The summed E-state index contributed by atoms with van der Waals surface area (Å²) < 4.78 is 11.4. The number of hydrogen-bond donors (Lipinski definition) is 0. The van der Waals surface area contributed by atoms with Gasteiger partial charge in [-0.05, 0) is 53.9 Å². The zero-order valence-corrected chi connectivity index (χ0v) is 15.1. The van der Waals surface area contributed by atoms with Crippen molar-refractivity contribution in [3.8, 4) is 0 Å². The molecule has 0 aliphatic rings. The smallest absolute Gasteiger partial charge is 0.312 e. The van der Waals surface area contributed by atoms with Crippen molar-refractivity contribution >= 4 is 5.97 Å². The predicted octanol–water partition coefficient (Wildman–Crippen LogP) is 4.59. The molecule has 0 saturated heterocycles. The van der Waals surface area contributed by atoms with Gasteiger partial charge >= 0.3 is 5.97 Å². The van der Waals surface area contributed by atoms with Crippen LogP contribution in [0, 0.1) is 10.8 Å². The number of hydrogen-bond acceptors (Lipinski definition) is 3. The van der Waals surface area contributed by atoms with Crippen LogP contribution in [0.2, 0.25) is 0 Å². The lowest BCUT2D eigenvalue weighted by atomic mass is 9.69. The molecule has 0 saturated carbocycles. The Morgan fingerprint density at radius 2 is 1.30 bits per heavy atom. The summed E-state index contributed by atoms with van der Waals surface area (Å²) in [6.07, 6.45) is 0.691. The molecule has 3 heteroatoms. The quantitative estimate of drug-likeness (QED) is 0.694. The van der Waals surface area contributed by atoms with Crippen molar-refractivity contribution in [3.63, 3.8) is 0 Å². The largest absolute Gasteiger partial charge is 0.459 e. The highest BCUT2D eigenvalue weighted by Crippen LogP contribution is 2.40. The highest BCUT2D eigenvalue weighted by Gasteiger charge is 2.43. The monoisotopic (exact) mass is 286 g/mol. The lowest BCUT2D eigenvalue weighted by molar-refractivity contribution is -0.175. The molecule has 0 aromatic heterocycles. The molecule has 20 heavy (non-hydrogen) atoms. The molecule has 0 rings (SSSR count). The Morgan fingerprint density at radius 3 is 1.65 bits per heavy atom. The molecule has 0 aliphatic heterocycles. The van der Waals surface area contributed by atoms with Crippen molar-refractivity contribution < 1.29 is 14.3 Å². The maximum Gasteiger partial charge on any atom is 0.312 e. The molecule has 0 amide bonds. The Bertz CT molecular complexity index is 327. The number of carbonyl (C=O) groups is 1. The average molecular weight is 286 g/mol. The maximum absolute atomic E-state index is 12.4. The van der Waals surface area contributed by atoms with Crippen molar-refractivity contribution in [2.24, 2.45) is 10.8 Å². The lowest BCUT2D eigenvalue weighted by Crippen LogP contribution is -2.43. The van der Waals surface area contributed by atoms with E-state index in [1.54, 1.807) is 0 Å². The van der Waals surface area contributed by atoms with Gasteiger partial charge in [0.2, 0.25) is 0 Å². The van der Waals surface area contributed by atoms with E-state index in [9.17, 15) is 4.79 Å². The van der Waals surface area contributed by atoms with Gasteiger partial charge in [0, 0.05) is 6.42 Å². The molecule has 0 atom stereocenters. The third kappa shape index (κ3) is 6.25. The fourth-order valence-electron chi connectivity index (χ4n) is 1.34. The van der Waals surface area contributed by atoms with Crippen LogP contribution in [0.1, 0.15) is 75.7 Å². The molecule has 0 spiro atoms. The number of rotatable bonds is 5. The molecular formula is C17H34O3. The van der Waals surface area contributed by atoms with E-state index in [4.69, 9.17) is 9.47 Å². The van der Waals surface area contributed by atoms with Crippen LogP contribution in [-0.2, 0) is 14.3 Å². The van der Waals surface area contributed by atoms with Crippen molar-refractivity contribution in [1.29, 1.82) is 0 Å². The minimum atomic E-state index is -0.519. The molecule has 0 bridgehead atoms. The summed E-state index contributed by atoms with van der Waals surface area (Å²) >= 11 is 0. The second kappa shape index (κ2) is 6.05. The Morgan fingerprint density at radius 1 is 0.850 bits per heavy atom. The first kappa shape index (κ1) is 19.4. The van der Waals surface area contributed by atoms with Crippen molar-refractivity contribution in [1.82, 2.24) is 0 Å². The summed E-state index contributed by atoms with van der Waals surface area (Å²) in [5.74, 6) is -0.147. The molecule has 0 heterocycles. The summed E-state index contributed by atoms with van der Waals surface area (Å²) in [7, 11) is 0. The molecule has 0 N–H and O–H groups in total. The van der Waals surface area contributed by atoms with Gasteiger partial charge in [-0.2, -0.15) is 0 Å². The summed E-state index contributed by atoms with van der Waals surface area (Å²) in [5, 5.41) is 0. The molecule has 0 fully saturated rings. The number of carbonyl (C=O) groups excluding carboxylic acids is 1. The van der Waals surface area contributed by atoms with Gasteiger partial charge in [-0.15, -0.1) is 0 Å². The average Bonchev–Trinajstić information content (AvgIpc) is 2.11. The molecule has 0 aromatic rings. The Hall–Kier alpha value is -0.570. The van der Waals surface area contributed by atoms with E-state index in [-0.39, 0.29) is 17.0 Å². The molecular weight excluding hydrogens is 252 g/mol. The summed E-state index contributed by atoms with van der Waals surface area (Å²) in [4.78, 5) is 12.4. The van der Waals surface area contributed by atoms with Gasteiger partial charge in [-0.1, -0.05) is 20.8 Å². The Balaban J connectivity index is 4.58. The Kier molecular flexibility index (Phi) is 5.87. The standard InChI is InChI=1S/C17H34O3/c1-14(2,3)17(9,10)13(18)20-16(7,8)11-12-19-15(4,5)6/h11-12H2,1-10H3. The van der Waals surface area contributed by atoms with Crippen molar-refractivity contribution in [2.45, 2.75) is 86.9 Å². The fourth-order valence-corrected chi connectivity index (χ4v) is 1.34. The molecule has 0 aromatic carbocycles. The first-order chi connectivity index (χ1) is 8.58. The second-order valence-electron chi connectivity index (χ2n) is 8.74. The van der Waals surface area contributed by atoms with Gasteiger partial charge in [0.15, 0.2) is 0 Å². The van der Waals surface area contributed by atoms with Gasteiger partial charge in [0.25, 0.3) is 0 Å². The van der Waals surface area contributed by atoms with Crippen LogP contribution in [0.25, 0.3) is 0 Å². The van der Waals surface area contributed by atoms with Crippen LogP contribution < -0.4 is 0 Å². The zero-order valence-electron chi connectivity index (χ0n) is 15.1.